The summed E-state index contributed by atoms with van der Waals surface area (Å²) < 4.78 is 7.06. The Morgan fingerprint density at radius 1 is 1.28 bits per heavy atom. The SMILES string of the molecule is COCc1nc(NCc2nn(C)c3cccc(Cl)c23)cc(C2CC(N)C2)n1.Cl.Cl. The minimum Gasteiger partial charge on any atom is -0.377 e. The molecule has 158 valence electrons. The van der Waals surface area contributed by atoms with Crippen LogP contribution in [0.2, 0.25) is 5.02 Å². The number of hydrogen-bond donors (Lipinski definition) is 2. The van der Waals surface area contributed by atoms with Crippen LogP contribution in [0.25, 0.3) is 10.9 Å². The quantitative estimate of drug-likeness (QED) is 0.582. The molecule has 0 aliphatic heterocycles. The zero-order valence-corrected chi connectivity index (χ0v) is 18.7. The number of aromatic nitrogens is 4. The van der Waals surface area contributed by atoms with Gasteiger partial charge in [0.25, 0.3) is 0 Å². The largest absolute Gasteiger partial charge is 0.377 e. The number of fused-ring (bicyclic) bond motifs is 1. The maximum absolute atomic E-state index is 6.40. The average Bonchev–Trinajstić information content (AvgIpc) is 2.95. The molecular weight excluding hydrogens is 435 g/mol. The van der Waals surface area contributed by atoms with Crippen LogP contribution in [-0.2, 0) is 24.9 Å². The van der Waals surface area contributed by atoms with Crippen LogP contribution in [0.15, 0.2) is 24.3 Å². The fourth-order valence-electron chi connectivity index (χ4n) is 3.57. The third-order valence-corrected chi connectivity index (χ3v) is 5.31. The summed E-state index contributed by atoms with van der Waals surface area (Å²) in [6.07, 6.45) is 1.92. The second kappa shape index (κ2) is 9.91. The number of nitrogens with two attached hydrogens (primary N) is 1. The second-order valence-electron chi connectivity index (χ2n) is 7.01. The molecule has 0 spiro atoms. The number of nitrogens with zero attached hydrogens (tertiary/aromatic N) is 4. The molecule has 3 aromatic rings. The first kappa shape index (κ1) is 23.6. The van der Waals surface area contributed by atoms with Gasteiger partial charge in [-0.05, 0) is 25.0 Å². The van der Waals surface area contributed by atoms with Crippen LogP contribution in [0, 0.1) is 0 Å². The van der Waals surface area contributed by atoms with E-state index in [1.54, 1.807) is 7.11 Å². The van der Waals surface area contributed by atoms with Crippen molar-refractivity contribution in [3.05, 3.63) is 46.5 Å². The second-order valence-corrected chi connectivity index (χ2v) is 7.42. The van der Waals surface area contributed by atoms with Crippen molar-refractivity contribution in [2.75, 3.05) is 12.4 Å². The van der Waals surface area contributed by atoms with Gasteiger partial charge in [-0.1, -0.05) is 17.7 Å². The molecule has 2 aromatic heterocycles. The van der Waals surface area contributed by atoms with Gasteiger partial charge in [-0.25, -0.2) is 9.97 Å². The average molecular weight is 460 g/mol. The van der Waals surface area contributed by atoms with Gasteiger partial charge in [-0.3, -0.25) is 4.68 Å². The normalized spacial score (nSPS) is 17.9. The van der Waals surface area contributed by atoms with E-state index in [-0.39, 0.29) is 30.9 Å². The summed E-state index contributed by atoms with van der Waals surface area (Å²) in [6.45, 7) is 0.897. The van der Waals surface area contributed by atoms with E-state index in [0.29, 0.717) is 29.9 Å². The molecule has 0 atom stereocenters. The van der Waals surface area contributed by atoms with Crippen LogP contribution in [0.5, 0.6) is 0 Å². The van der Waals surface area contributed by atoms with Gasteiger partial charge in [0, 0.05) is 43.3 Å². The third-order valence-electron chi connectivity index (χ3n) is 5.00. The summed E-state index contributed by atoms with van der Waals surface area (Å²) in [6, 6.07) is 8.10. The van der Waals surface area contributed by atoms with Gasteiger partial charge < -0.3 is 15.8 Å². The Balaban J connectivity index is 0.00000150. The Bertz CT molecular complexity index is 974. The van der Waals surface area contributed by atoms with Crippen LogP contribution in [-0.4, -0.2) is 32.9 Å². The fraction of sp³-hybridized carbons (Fsp3) is 0.421. The highest BCUT2D eigenvalue weighted by Crippen LogP contribution is 2.35. The molecule has 0 bridgehead atoms. The lowest BCUT2D eigenvalue weighted by molar-refractivity contribution is 0.177. The van der Waals surface area contributed by atoms with E-state index in [1.165, 1.54) is 0 Å². The van der Waals surface area contributed by atoms with Crippen molar-refractivity contribution in [2.45, 2.75) is 38.0 Å². The maximum atomic E-state index is 6.40. The standard InChI is InChI=1S/C19H23ClN6O.2ClH/c1-26-16-5-3-4-13(20)19(16)15(25-26)9-22-17-8-14(11-6-12(21)7-11)23-18(24-17)10-27-2;;/h3-5,8,11-12H,6-7,9-10,21H2,1-2H3,(H,22,23,24);2*1H. The molecular formula is C19H25Cl3N6O. The first-order valence-corrected chi connectivity index (χ1v) is 9.39. The molecule has 1 aromatic carbocycles. The van der Waals surface area contributed by atoms with Crippen molar-refractivity contribution >= 4 is 53.1 Å². The third kappa shape index (κ3) is 4.92. The van der Waals surface area contributed by atoms with E-state index in [4.69, 9.17) is 22.1 Å². The van der Waals surface area contributed by atoms with E-state index in [0.717, 1.165) is 41.0 Å². The lowest BCUT2D eigenvalue weighted by Gasteiger charge is -2.32. The number of methoxy groups -OCH3 is 1. The van der Waals surface area contributed by atoms with E-state index < -0.39 is 0 Å². The lowest BCUT2D eigenvalue weighted by Crippen LogP contribution is -2.35. The van der Waals surface area contributed by atoms with Gasteiger partial charge in [0.05, 0.1) is 22.8 Å². The topological polar surface area (TPSA) is 90.9 Å². The van der Waals surface area contributed by atoms with Crippen molar-refractivity contribution in [1.82, 2.24) is 19.7 Å². The predicted molar refractivity (Wildman–Crippen MR) is 120 cm³/mol. The Labute approximate surface area is 187 Å². The molecule has 0 saturated heterocycles. The fourth-order valence-corrected chi connectivity index (χ4v) is 3.84. The summed E-state index contributed by atoms with van der Waals surface area (Å²) in [5.74, 6) is 1.82. The molecule has 10 heteroatoms. The van der Waals surface area contributed by atoms with Crippen molar-refractivity contribution in [2.24, 2.45) is 12.8 Å². The van der Waals surface area contributed by atoms with Gasteiger partial charge in [0.15, 0.2) is 5.82 Å². The van der Waals surface area contributed by atoms with Gasteiger partial charge in [0.2, 0.25) is 0 Å². The molecule has 0 radical (unpaired) electrons. The number of halogens is 3. The molecule has 29 heavy (non-hydrogen) atoms. The number of aryl methyl sites for hydroxylation is 1. The molecule has 1 aliphatic rings. The molecule has 4 rings (SSSR count). The van der Waals surface area contributed by atoms with Gasteiger partial charge in [-0.15, -0.1) is 24.8 Å². The molecule has 7 nitrogen and oxygen atoms in total. The Hall–Kier alpha value is -1.64. The van der Waals surface area contributed by atoms with Crippen molar-refractivity contribution < 1.29 is 4.74 Å². The number of ether oxygens (including phenoxy) is 1. The van der Waals surface area contributed by atoms with Crippen LogP contribution in [0.3, 0.4) is 0 Å². The van der Waals surface area contributed by atoms with Gasteiger partial charge >= 0.3 is 0 Å². The van der Waals surface area contributed by atoms with Crippen LogP contribution in [0.1, 0.15) is 36.0 Å². The van der Waals surface area contributed by atoms with Gasteiger partial charge in [-0.2, -0.15) is 5.10 Å². The summed E-state index contributed by atoms with van der Waals surface area (Å²) in [5.41, 5.74) is 8.85. The first-order chi connectivity index (χ1) is 13.0. The minimum atomic E-state index is 0. The maximum Gasteiger partial charge on any atom is 0.156 e. The minimum absolute atomic E-state index is 0. The Morgan fingerprint density at radius 2 is 2.03 bits per heavy atom. The highest BCUT2D eigenvalue weighted by atomic mass is 35.5. The number of anilines is 1. The Morgan fingerprint density at radius 3 is 2.72 bits per heavy atom. The van der Waals surface area contributed by atoms with Crippen molar-refractivity contribution in [3.63, 3.8) is 0 Å². The summed E-state index contributed by atoms with van der Waals surface area (Å²) in [4.78, 5) is 9.19. The molecule has 1 saturated carbocycles. The molecule has 0 amide bonds. The van der Waals surface area contributed by atoms with Crippen molar-refractivity contribution in [1.29, 1.82) is 0 Å². The summed E-state index contributed by atoms with van der Waals surface area (Å²) in [5, 5.41) is 9.64. The van der Waals surface area contributed by atoms with Crippen LogP contribution in [0.4, 0.5) is 5.82 Å². The molecule has 0 unspecified atom stereocenters. The number of rotatable bonds is 6. The van der Waals surface area contributed by atoms with E-state index in [1.807, 2.05) is 36.0 Å². The highest BCUT2D eigenvalue weighted by molar-refractivity contribution is 6.35. The van der Waals surface area contributed by atoms with Crippen molar-refractivity contribution in [3.8, 4) is 0 Å². The highest BCUT2D eigenvalue weighted by Gasteiger charge is 2.29. The monoisotopic (exact) mass is 458 g/mol. The van der Waals surface area contributed by atoms with Crippen LogP contribution >= 0.6 is 36.4 Å². The lowest BCUT2D eigenvalue weighted by atomic mass is 9.78. The molecule has 3 N–H and O–H groups in total. The summed E-state index contributed by atoms with van der Waals surface area (Å²) >= 11 is 6.40. The first-order valence-electron chi connectivity index (χ1n) is 9.01. The molecule has 2 heterocycles. The number of benzene rings is 1. The summed E-state index contributed by atoms with van der Waals surface area (Å²) in [7, 11) is 3.56. The van der Waals surface area contributed by atoms with E-state index in [2.05, 4.69) is 20.4 Å². The zero-order valence-electron chi connectivity index (χ0n) is 16.3. The number of hydrogen-bond acceptors (Lipinski definition) is 6. The predicted octanol–water partition coefficient (Wildman–Crippen LogP) is 3.82. The van der Waals surface area contributed by atoms with E-state index >= 15 is 0 Å². The zero-order chi connectivity index (χ0) is 19.0. The number of nitrogens with one attached hydrogen (secondary N) is 1. The smallest absolute Gasteiger partial charge is 0.156 e. The Kier molecular flexibility index (Phi) is 8.08. The molecule has 1 fully saturated rings. The van der Waals surface area contributed by atoms with Gasteiger partial charge in [0.1, 0.15) is 12.4 Å². The molecule has 1 aliphatic carbocycles. The van der Waals surface area contributed by atoms with Crippen LogP contribution < -0.4 is 11.1 Å². The van der Waals surface area contributed by atoms with E-state index in [9.17, 15) is 0 Å².